The molecule has 5 heteroatoms. The molecule has 35 heavy (non-hydrogen) atoms. The second-order valence-corrected chi connectivity index (χ2v) is 11.1. The summed E-state index contributed by atoms with van der Waals surface area (Å²) in [6.45, 7) is 9.09. The van der Waals surface area contributed by atoms with Crippen LogP contribution in [0.4, 0.5) is 0 Å². The molecule has 0 aliphatic heterocycles. The third kappa shape index (κ3) is 5.43. The molecule has 0 bridgehead atoms. The minimum atomic E-state index is -1.02. The summed E-state index contributed by atoms with van der Waals surface area (Å²) in [4.78, 5) is 24.6. The van der Waals surface area contributed by atoms with Crippen LogP contribution in [0.1, 0.15) is 79.1 Å². The number of ether oxygens (including phenoxy) is 1. The molecule has 1 aliphatic rings. The first-order chi connectivity index (χ1) is 16.5. The lowest BCUT2D eigenvalue weighted by molar-refractivity contribution is -0.136. The Morgan fingerprint density at radius 1 is 0.886 bits per heavy atom. The van der Waals surface area contributed by atoms with Gasteiger partial charge in [0.1, 0.15) is 5.75 Å². The van der Waals surface area contributed by atoms with E-state index >= 15 is 0 Å². The van der Waals surface area contributed by atoms with E-state index in [9.17, 15) is 9.59 Å². The average molecular weight is 491 g/mol. The minimum absolute atomic E-state index is 0.0161. The van der Waals surface area contributed by atoms with Gasteiger partial charge in [0.2, 0.25) is 0 Å². The van der Waals surface area contributed by atoms with Crippen LogP contribution in [-0.4, -0.2) is 17.0 Å². The number of halogens is 1. The highest BCUT2D eigenvalue weighted by molar-refractivity contribution is 6.30. The number of carboxylic acids is 1. The van der Waals surface area contributed by atoms with Crippen molar-refractivity contribution in [2.45, 2.75) is 63.7 Å². The Labute approximate surface area is 211 Å². The van der Waals surface area contributed by atoms with E-state index < -0.39 is 11.9 Å². The fourth-order valence-electron chi connectivity index (χ4n) is 4.87. The van der Waals surface area contributed by atoms with E-state index in [2.05, 4.69) is 45.9 Å². The zero-order valence-corrected chi connectivity index (χ0v) is 21.4. The lowest BCUT2D eigenvalue weighted by Gasteiger charge is -2.42. The molecule has 0 saturated heterocycles. The van der Waals surface area contributed by atoms with Crippen LogP contribution in [0, 0.1) is 0 Å². The number of carbonyl (C=O) groups is 2. The standard InChI is InChI=1S/C30H31ClO4/c1-29(2)15-16-30(3,4)26-18-21(9-14-25(26)29)24(17-19-5-10-22(31)11-6-19)28(34)35-23-12-7-20(8-13-23)27(32)33/h5-14,18,24H,15-17H2,1-4H3,(H,32,33). The maximum atomic E-state index is 13.5. The maximum Gasteiger partial charge on any atom is 0.335 e. The number of fused-ring (bicyclic) bond motifs is 1. The Morgan fingerprint density at radius 2 is 1.49 bits per heavy atom. The maximum absolute atomic E-state index is 13.5. The van der Waals surface area contributed by atoms with Crippen LogP contribution < -0.4 is 4.74 Å². The lowest BCUT2D eigenvalue weighted by atomic mass is 9.62. The molecule has 1 N–H and O–H groups in total. The van der Waals surface area contributed by atoms with Gasteiger partial charge in [-0.25, -0.2) is 4.79 Å². The van der Waals surface area contributed by atoms with Crippen LogP contribution in [0.2, 0.25) is 5.02 Å². The van der Waals surface area contributed by atoms with Crippen molar-refractivity contribution in [1.82, 2.24) is 0 Å². The highest BCUT2D eigenvalue weighted by atomic mass is 35.5. The third-order valence-corrected chi connectivity index (χ3v) is 7.49. The molecule has 0 saturated carbocycles. The largest absolute Gasteiger partial charge is 0.478 e. The van der Waals surface area contributed by atoms with Crippen molar-refractivity contribution in [3.05, 3.63) is 99.6 Å². The summed E-state index contributed by atoms with van der Waals surface area (Å²) in [5.41, 5.74) is 4.75. The summed E-state index contributed by atoms with van der Waals surface area (Å²) in [7, 11) is 0. The predicted molar refractivity (Wildman–Crippen MR) is 139 cm³/mol. The van der Waals surface area contributed by atoms with E-state index in [1.807, 2.05) is 24.3 Å². The second-order valence-electron chi connectivity index (χ2n) is 10.7. The quantitative estimate of drug-likeness (QED) is 0.290. The molecule has 1 aliphatic carbocycles. The van der Waals surface area contributed by atoms with Crippen molar-refractivity contribution < 1.29 is 19.4 Å². The molecule has 0 radical (unpaired) electrons. The Bertz CT molecular complexity index is 1240. The molecule has 182 valence electrons. The van der Waals surface area contributed by atoms with E-state index in [0.29, 0.717) is 17.2 Å². The number of carboxylic acid groups (broad SMARTS) is 1. The van der Waals surface area contributed by atoms with Crippen molar-refractivity contribution in [3.8, 4) is 5.75 Å². The van der Waals surface area contributed by atoms with Crippen LogP contribution in [0.5, 0.6) is 5.75 Å². The first-order valence-electron chi connectivity index (χ1n) is 11.9. The summed E-state index contributed by atoms with van der Waals surface area (Å²) in [5, 5.41) is 9.78. The average Bonchev–Trinajstić information content (AvgIpc) is 2.82. The van der Waals surface area contributed by atoms with E-state index in [0.717, 1.165) is 24.0 Å². The zero-order valence-electron chi connectivity index (χ0n) is 20.6. The van der Waals surface area contributed by atoms with Gasteiger partial charge in [-0.3, -0.25) is 4.79 Å². The fraction of sp³-hybridized carbons (Fsp3) is 0.333. The molecular formula is C30H31ClO4. The van der Waals surface area contributed by atoms with E-state index in [4.69, 9.17) is 21.4 Å². The number of benzene rings is 3. The second kappa shape index (κ2) is 9.50. The number of esters is 1. The van der Waals surface area contributed by atoms with Gasteiger partial charge in [-0.15, -0.1) is 0 Å². The summed E-state index contributed by atoms with van der Waals surface area (Å²) < 4.78 is 5.74. The summed E-state index contributed by atoms with van der Waals surface area (Å²) in [5.74, 6) is -1.61. The topological polar surface area (TPSA) is 63.6 Å². The molecule has 3 aromatic carbocycles. The van der Waals surface area contributed by atoms with E-state index in [1.165, 1.54) is 35.4 Å². The molecule has 0 spiro atoms. The SMILES string of the molecule is CC1(C)CCC(C)(C)c2cc(C(Cc3ccc(Cl)cc3)C(=O)Oc3ccc(C(=O)O)cc3)ccc21. The highest BCUT2D eigenvalue weighted by Crippen LogP contribution is 2.46. The van der Waals surface area contributed by atoms with Crippen LogP contribution in [0.15, 0.2) is 66.7 Å². The van der Waals surface area contributed by atoms with Crippen LogP contribution >= 0.6 is 11.6 Å². The minimum Gasteiger partial charge on any atom is -0.478 e. The first-order valence-corrected chi connectivity index (χ1v) is 12.3. The van der Waals surface area contributed by atoms with Gasteiger partial charge in [0.25, 0.3) is 0 Å². The smallest absolute Gasteiger partial charge is 0.335 e. The normalized spacial score (nSPS) is 16.7. The summed E-state index contributed by atoms with van der Waals surface area (Å²) in [6.07, 6.45) is 2.67. The first kappa shape index (κ1) is 25.0. The number of hydrogen-bond acceptors (Lipinski definition) is 3. The summed E-state index contributed by atoms with van der Waals surface area (Å²) >= 11 is 6.07. The van der Waals surface area contributed by atoms with Crippen molar-refractivity contribution in [3.63, 3.8) is 0 Å². The van der Waals surface area contributed by atoms with Crippen molar-refractivity contribution >= 4 is 23.5 Å². The third-order valence-electron chi connectivity index (χ3n) is 7.24. The Kier molecular flexibility index (Phi) is 6.79. The van der Waals surface area contributed by atoms with Gasteiger partial charge in [-0.1, -0.05) is 69.6 Å². The number of rotatable bonds is 6. The number of aromatic carboxylic acids is 1. The van der Waals surface area contributed by atoms with Crippen LogP contribution in [0.25, 0.3) is 0 Å². The van der Waals surface area contributed by atoms with Crippen molar-refractivity contribution in [1.29, 1.82) is 0 Å². The lowest BCUT2D eigenvalue weighted by Crippen LogP contribution is -2.34. The molecule has 0 amide bonds. The molecule has 4 nitrogen and oxygen atoms in total. The van der Waals surface area contributed by atoms with Gasteiger partial charge in [0, 0.05) is 5.02 Å². The van der Waals surface area contributed by atoms with Gasteiger partial charge in [-0.05, 0) is 88.7 Å². The van der Waals surface area contributed by atoms with Gasteiger partial charge in [-0.2, -0.15) is 0 Å². The van der Waals surface area contributed by atoms with Crippen LogP contribution in [-0.2, 0) is 22.0 Å². The van der Waals surface area contributed by atoms with E-state index in [1.54, 1.807) is 0 Å². The molecule has 1 atom stereocenters. The Balaban J connectivity index is 1.71. The Hall–Kier alpha value is -3.11. The fourth-order valence-corrected chi connectivity index (χ4v) is 5.00. The molecule has 0 aromatic heterocycles. The molecule has 4 rings (SSSR count). The van der Waals surface area contributed by atoms with Gasteiger partial charge < -0.3 is 9.84 Å². The van der Waals surface area contributed by atoms with Gasteiger partial charge in [0.15, 0.2) is 0 Å². The number of hydrogen-bond donors (Lipinski definition) is 1. The van der Waals surface area contributed by atoms with Crippen molar-refractivity contribution in [2.75, 3.05) is 0 Å². The highest BCUT2D eigenvalue weighted by Gasteiger charge is 2.38. The van der Waals surface area contributed by atoms with Crippen LogP contribution in [0.3, 0.4) is 0 Å². The molecule has 0 heterocycles. The zero-order chi connectivity index (χ0) is 25.4. The number of carbonyl (C=O) groups excluding carboxylic acids is 1. The Morgan fingerprint density at radius 3 is 2.09 bits per heavy atom. The van der Waals surface area contributed by atoms with Crippen molar-refractivity contribution in [2.24, 2.45) is 0 Å². The van der Waals surface area contributed by atoms with E-state index in [-0.39, 0.29) is 22.4 Å². The molecular weight excluding hydrogens is 460 g/mol. The van der Waals surface area contributed by atoms with Gasteiger partial charge in [0.05, 0.1) is 11.5 Å². The molecule has 1 unspecified atom stereocenters. The van der Waals surface area contributed by atoms with Gasteiger partial charge >= 0.3 is 11.9 Å². The molecule has 0 fully saturated rings. The molecule has 3 aromatic rings. The predicted octanol–water partition coefficient (Wildman–Crippen LogP) is 7.32. The summed E-state index contributed by atoms with van der Waals surface area (Å²) in [6, 6.07) is 19.8. The monoisotopic (exact) mass is 490 g/mol.